The third-order valence-corrected chi connectivity index (χ3v) is 4.97. The number of rotatable bonds is 7. The fourth-order valence-corrected chi connectivity index (χ4v) is 3.77. The summed E-state index contributed by atoms with van der Waals surface area (Å²) in [6.45, 7) is 5.21. The van der Waals surface area contributed by atoms with Gasteiger partial charge >= 0.3 is 11.9 Å². The molecular formula is C18H19ClN2O5S. The standard InChI is InChI=1S/C18H19ClN2O5S/c1-4-11-10(3)27-16(14(11)18(24)25-5-2)21-13(22)9-26-17(23)12-7-6-8-20-15(12)19/h6-8H,4-5,9H2,1-3H3,(H,21,22). The molecule has 144 valence electrons. The van der Waals surface area contributed by atoms with Crippen LogP contribution in [0.3, 0.4) is 0 Å². The van der Waals surface area contributed by atoms with Crippen molar-refractivity contribution in [2.45, 2.75) is 27.2 Å². The lowest BCUT2D eigenvalue weighted by molar-refractivity contribution is -0.119. The molecule has 9 heteroatoms. The second kappa shape index (κ2) is 9.48. The van der Waals surface area contributed by atoms with Gasteiger partial charge in [0.1, 0.15) is 10.2 Å². The molecule has 27 heavy (non-hydrogen) atoms. The minimum absolute atomic E-state index is 0.00558. The number of thiophene rings is 1. The monoisotopic (exact) mass is 410 g/mol. The lowest BCUT2D eigenvalue weighted by atomic mass is 10.1. The summed E-state index contributed by atoms with van der Waals surface area (Å²) in [5, 5.41) is 2.99. The molecule has 0 aliphatic carbocycles. The van der Waals surface area contributed by atoms with Crippen LogP contribution in [0.1, 0.15) is 45.0 Å². The summed E-state index contributed by atoms with van der Waals surface area (Å²) < 4.78 is 10.1. The number of nitrogens with one attached hydrogen (secondary N) is 1. The second-order valence-electron chi connectivity index (χ2n) is 5.38. The van der Waals surface area contributed by atoms with Crippen molar-refractivity contribution in [3.63, 3.8) is 0 Å². The van der Waals surface area contributed by atoms with Crippen LogP contribution in [-0.2, 0) is 20.7 Å². The van der Waals surface area contributed by atoms with E-state index >= 15 is 0 Å². The molecule has 0 spiro atoms. The number of carbonyl (C=O) groups excluding carboxylic acids is 3. The van der Waals surface area contributed by atoms with Crippen molar-refractivity contribution in [3.8, 4) is 0 Å². The van der Waals surface area contributed by atoms with E-state index in [-0.39, 0.29) is 17.3 Å². The summed E-state index contributed by atoms with van der Waals surface area (Å²) in [7, 11) is 0. The highest BCUT2D eigenvalue weighted by molar-refractivity contribution is 7.16. The van der Waals surface area contributed by atoms with E-state index in [0.29, 0.717) is 17.0 Å². The Bertz CT molecular complexity index is 865. The minimum Gasteiger partial charge on any atom is -0.462 e. The fraction of sp³-hybridized carbons (Fsp3) is 0.333. The van der Waals surface area contributed by atoms with Gasteiger partial charge in [-0.3, -0.25) is 4.79 Å². The zero-order valence-electron chi connectivity index (χ0n) is 15.1. The summed E-state index contributed by atoms with van der Waals surface area (Å²) in [6.07, 6.45) is 2.06. The number of pyridine rings is 1. The van der Waals surface area contributed by atoms with Gasteiger partial charge in [0.2, 0.25) is 0 Å². The molecule has 0 aliphatic heterocycles. The Labute approximate surface area is 165 Å². The van der Waals surface area contributed by atoms with Gasteiger partial charge in [-0.2, -0.15) is 0 Å². The van der Waals surface area contributed by atoms with Gasteiger partial charge in [0.25, 0.3) is 5.91 Å². The molecule has 0 saturated heterocycles. The first kappa shape index (κ1) is 20.9. The highest BCUT2D eigenvalue weighted by Gasteiger charge is 2.24. The Morgan fingerprint density at radius 3 is 2.59 bits per heavy atom. The molecule has 1 N–H and O–H groups in total. The van der Waals surface area contributed by atoms with Gasteiger partial charge < -0.3 is 14.8 Å². The Kier molecular flexibility index (Phi) is 7.32. The van der Waals surface area contributed by atoms with Crippen molar-refractivity contribution in [2.24, 2.45) is 0 Å². The predicted octanol–water partition coefficient (Wildman–Crippen LogP) is 3.64. The lowest BCUT2D eigenvalue weighted by Gasteiger charge is -2.09. The fourth-order valence-electron chi connectivity index (χ4n) is 2.42. The number of esters is 2. The first-order valence-corrected chi connectivity index (χ1v) is 9.45. The molecule has 0 fully saturated rings. The average Bonchev–Trinajstić information content (AvgIpc) is 2.95. The van der Waals surface area contributed by atoms with Gasteiger partial charge in [-0.05, 0) is 38.0 Å². The van der Waals surface area contributed by atoms with Crippen LogP contribution >= 0.6 is 22.9 Å². The van der Waals surface area contributed by atoms with E-state index < -0.39 is 24.5 Å². The van der Waals surface area contributed by atoms with Crippen LogP contribution in [0.25, 0.3) is 0 Å². The first-order valence-electron chi connectivity index (χ1n) is 8.25. The van der Waals surface area contributed by atoms with E-state index in [9.17, 15) is 14.4 Å². The molecule has 0 saturated carbocycles. The van der Waals surface area contributed by atoms with Gasteiger partial charge in [0.15, 0.2) is 6.61 Å². The second-order valence-corrected chi connectivity index (χ2v) is 6.96. The van der Waals surface area contributed by atoms with Crippen LogP contribution in [0.15, 0.2) is 18.3 Å². The quantitative estimate of drug-likeness (QED) is 0.553. The summed E-state index contributed by atoms with van der Waals surface area (Å²) >= 11 is 7.10. The molecule has 0 aliphatic rings. The molecule has 2 rings (SSSR count). The van der Waals surface area contributed by atoms with Crippen LogP contribution in [0.2, 0.25) is 5.15 Å². The van der Waals surface area contributed by atoms with Gasteiger partial charge in [-0.25, -0.2) is 14.6 Å². The van der Waals surface area contributed by atoms with E-state index in [2.05, 4.69) is 10.3 Å². The molecule has 2 heterocycles. The van der Waals surface area contributed by atoms with Crippen LogP contribution in [0.4, 0.5) is 5.00 Å². The maximum absolute atomic E-state index is 12.3. The molecule has 0 radical (unpaired) electrons. The average molecular weight is 411 g/mol. The highest BCUT2D eigenvalue weighted by atomic mass is 35.5. The maximum atomic E-state index is 12.3. The van der Waals surface area contributed by atoms with Crippen LogP contribution in [-0.4, -0.2) is 36.0 Å². The van der Waals surface area contributed by atoms with Crippen molar-refractivity contribution in [1.82, 2.24) is 4.98 Å². The van der Waals surface area contributed by atoms with E-state index in [0.717, 1.165) is 10.4 Å². The van der Waals surface area contributed by atoms with Crippen LogP contribution < -0.4 is 5.32 Å². The van der Waals surface area contributed by atoms with Gasteiger partial charge in [0, 0.05) is 11.1 Å². The molecule has 7 nitrogen and oxygen atoms in total. The van der Waals surface area contributed by atoms with Crippen molar-refractivity contribution in [2.75, 3.05) is 18.5 Å². The number of aryl methyl sites for hydroxylation is 1. The molecule has 1 amide bonds. The Hall–Kier alpha value is -2.45. The first-order chi connectivity index (χ1) is 12.9. The number of carbonyl (C=O) groups is 3. The molecule has 0 atom stereocenters. The summed E-state index contributed by atoms with van der Waals surface area (Å²) in [4.78, 5) is 41.1. The van der Waals surface area contributed by atoms with Gasteiger partial charge in [-0.1, -0.05) is 18.5 Å². The Morgan fingerprint density at radius 1 is 1.22 bits per heavy atom. The summed E-state index contributed by atoms with van der Waals surface area (Å²) in [6, 6.07) is 2.99. The smallest absolute Gasteiger partial charge is 0.341 e. The van der Waals surface area contributed by atoms with E-state index in [4.69, 9.17) is 21.1 Å². The molecule has 0 aromatic carbocycles. The van der Waals surface area contributed by atoms with Gasteiger partial charge in [0.05, 0.1) is 17.7 Å². The van der Waals surface area contributed by atoms with E-state index in [1.54, 1.807) is 6.92 Å². The molecule has 2 aromatic rings. The number of ether oxygens (including phenoxy) is 2. The van der Waals surface area contributed by atoms with E-state index in [1.165, 1.54) is 29.7 Å². The largest absolute Gasteiger partial charge is 0.462 e. The SMILES string of the molecule is CCOC(=O)c1c(NC(=O)COC(=O)c2cccnc2Cl)sc(C)c1CC. The maximum Gasteiger partial charge on any atom is 0.341 e. The predicted molar refractivity (Wildman–Crippen MR) is 103 cm³/mol. The number of halogens is 1. The highest BCUT2D eigenvalue weighted by Crippen LogP contribution is 2.34. The summed E-state index contributed by atoms with van der Waals surface area (Å²) in [5.41, 5.74) is 1.24. The third kappa shape index (κ3) is 5.05. The molecule has 0 bridgehead atoms. The van der Waals surface area contributed by atoms with Crippen molar-refractivity contribution < 1.29 is 23.9 Å². The molecule has 2 aromatic heterocycles. The topological polar surface area (TPSA) is 94.6 Å². The lowest BCUT2D eigenvalue weighted by Crippen LogP contribution is -2.22. The number of hydrogen-bond acceptors (Lipinski definition) is 7. The zero-order chi connectivity index (χ0) is 20.0. The Balaban J connectivity index is 2.08. The summed E-state index contributed by atoms with van der Waals surface area (Å²) in [5.74, 6) is -1.82. The van der Waals surface area contributed by atoms with Crippen molar-refractivity contribution in [3.05, 3.63) is 45.1 Å². The van der Waals surface area contributed by atoms with Crippen molar-refractivity contribution >= 4 is 45.8 Å². The Morgan fingerprint density at radius 2 is 1.96 bits per heavy atom. The number of aromatic nitrogens is 1. The van der Waals surface area contributed by atoms with Gasteiger partial charge in [-0.15, -0.1) is 11.3 Å². The van der Waals surface area contributed by atoms with Crippen LogP contribution in [0, 0.1) is 6.92 Å². The number of nitrogens with zero attached hydrogens (tertiary/aromatic N) is 1. The molecular weight excluding hydrogens is 392 g/mol. The normalized spacial score (nSPS) is 10.4. The van der Waals surface area contributed by atoms with Crippen molar-refractivity contribution in [1.29, 1.82) is 0 Å². The number of anilines is 1. The zero-order valence-corrected chi connectivity index (χ0v) is 16.7. The third-order valence-electron chi connectivity index (χ3n) is 3.61. The van der Waals surface area contributed by atoms with Crippen LogP contribution in [0.5, 0.6) is 0 Å². The minimum atomic E-state index is -0.759. The van der Waals surface area contributed by atoms with E-state index in [1.807, 2.05) is 13.8 Å². The number of hydrogen-bond donors (Lipinski definition) is 1. The molecule has 0 unspecified atom stereocenters. The number of amides is 1.